The van der Waals surface area contributed by atoms with E-state index >= 15 is 0 Å². The van der Waals surface area contributed by atoms with Gasteiger partial charge in [0, 0.05) is 0 Å². The Labute approximate surface area is 82.6 Å². The van der Waals surface area contributed by atoms with Gasteiger partial charge >= 0.3 is 0 Å². The molecule has 0 saturated carbocycles. The first-order valence-corrected chi connectivity index (χ1v) is 4.47. The van der Waals surface area contributed by atoms with Gasteiger partial charge in [-0.1, -0.05) is 18.1 Å². The minimum atomic E-state index is -0.0180. The second-order valence-electron chi connectivity index (χ2n) is 3.14. The Morgan fingerprint density at radius 3 is 3.00 bits per heavy atom. The van der Waals surface area contributed by atoms with Gasteiger partial charge in [-0.25, -0.2) is 4.98 Å². The second kappa shape index (κ2) is 3.43. The number of hydrogen-bond acceptors (Lipinski definition) is 2. The Hall–Kier alpha value is -1.95. The molecule has 2 aromatic rings. The normalized spacial score (nSPS) is 12.3. The maximum atomic E-state index is 5.26. The van der Waals surface area contributed by atoms with Crippen LogP contribution in [-0.4, -0.2) is 16.0 Å². The number of H-pyrrole nitrogens is 1. The van der Waals surface area contributed by atoms with E-state index in [-0.39, 0.29) is 6.04 Å². The maximum Gasteiger partial charge on any atom is 0.202 e. The van der Waals surface area contributed by atoms with E-state index in [0.717, 1.165) is 17.0 Å². The number of hydrogen-bond donors (Lipinski definition) is 2. The average Bonchev–Trinajstić information content (AvgIpc) is 2.59. The molecule has 1 heterocycles. The highest BCUT2D eigenvalue weighted by atomic mass is 15.1. The number of benzene rings is 1. The predicted octanol–water partition coefficient (Wildman–Crippen LogP) is 2.00. The van der Waals surface area contributed by atoms with Crippen LogP contribution in [0.3, 0.4) is 0 Å². The molecule has 2 rings (SSSR count). The van der Waals surface area contributed by atoms with Crippen molar-refractivity contribution in [3.63, 3.8) is 0 Å². The fourth-order valence-corrected chi connectivity index (χ4v) is 1.27. The summed E-state index contributed by atoms with van der Waals surface area (Å²) in [5, 5.41) is 3.08. The van der Waals surface area contributed by atoms with Gasteiger partial charge in [-0.15, -0.1) is 6.42 Å². The van der Waals surface area contributed by atoms with E-state index in [2.05, 4.69) is 21.2 Å². The van der Waals surface area contributed by atoms with Crippen molar-refractivity contribution in [3.05, 3.63) is 24.3 Å². The van der Waals surface area contributed by atoms with Crippen molar-refractivity contribution in [2.45, 2.75) is 13.0 Å². The lowest BCUT2D eigenvalue weighted by atomic mass is 10.3. The maximum absolute atomic E-state index is 5.26. The molecule has 1 unspecified atom stereocenters. The Balaban J connectivity index is 2.32. The van der Waals surface area contributed by atoms with E-state index in [4.69, 9.17) is 6.42 Å². The Morgan fingerprint density at radius 2 is 2.29 bits per heavy atom. The highest BCUT2D eigenvalue weighted by Gasteiger charge is 2.02. The third-order valence-corrected chi connectivity index (χ3v) is 1.99. The van der Waals surface area contributed by atoms with E-state index in [9.17, 15) is 0 Å². The molecule has 3 nitrogen and oxygen atoms in total. The summed E-state index contributed by atoms with van der Waals surface area (Å²) in [6, 6.07) is 7.84. The lowest BCUT2D eigenvalue weighted by Crippen LogP contribution is -2.12. The minimum Gasteiger partial charge on any atom is -0.342 e. The van der Waals surface area contributed by atoms with Crippen LogP contribution in [0.2, 0.25) is 0 Å². The van der Waals surface area contributed by atoms with Gasteiger partial charge in [0.15, 0.2) is 0 Å². The number of fused-ring (bicyclic) bond motifs is 1. The van der Waals surface area contributed by atoms with E-state index in [1.165, 1.54) is 0 Å². The van der Waals surface area contributed by atoms with Crippen LogP contribution in [0.4, 0.5) is 5.95 Å². The Kier molecular flexibility index (Phi) is 2.11. The van der Waals surface area contributed by atoms with Crippen LogP contribution in [-0.2, 0) is 0 Å². The van der Waals surface area contributed by atoms with Gasteiger partial charge in [0.05, 0.1) is 17.1 Å². The quantitative estimate of drug-likeness (QED) is 0.702. The van der Waals surface area contributed by atoms with Crippen LogP contribution in [0.1, 0.15) is 6.92 Å². The summed E-state index contributed by atoms with van der Waals surface area (Å²) in [5.41, 5.74) is 1.96. The SMILES string of the molecule is C#CC(C)Nc1nc2ccccc2[nH]1. The zero-order valence-electron chi connectivity index (χ0n) is 7.91. The summed E-state index contributed by atoms with van der Waals surface area (Å²) in [6.45, 7) is 1.91. The minimum absolute atomic E-state index is 0.0180. The van der Waals surface area contributed by atoms with Crippen molar-refractivity contribution in [2.24, 2.45) is 0 Å². The van der Waals surface area contributed by atoms with Crippen molar-refractivity contribution in [1.82, 2.24) is 9.97 Å². The zero-order valence-corrected chi connectivity index (χ0v) is 7.91. The van der Waals surface area contributed by atoms with Gasteiger partial charge < -0.3 is 10.3 Å². The number of nitrogens with one attached hydrogen (secondary N) is 2. The number of aromatic nitrogens is 2. The van der Waals surface area contributed by atoms with Crippen LogP contribution >= 0.6 is 0 Å². The molecular weight excluding hydrogens is 174 g/mol. The number of rotatable bonds is 2. The van der Waals surface area contributed by atoms with Crippen molar-refractivity contribution < 1.29 is 0 Å². The highest BCUT2D eigenvalue weighted by Crippen LogP contribution is 2.13. The van der Waals surface area contributed by atoms with Crippen LogP contribution < -0.4 is 5.32 Å². The molecule has 0 saturated heterocycles. The topological polar surface area (TPSA) is 40.7 Å². The lowest BCUT2D eigenvalue weighted by Gasteiger charge is -2.03. The molecule has 1 aromatic heterocycles. The predicted molar refractivity (Wildman–Crippen MR) is 58.0 cm³/mol. The van der Waals surface area contributed by atoms with E-state index in [1.807, 2.05) is 31.2 Å². The Morgan fingerprint density at radius 1 is 1.50 bits per heavy atom. The molecule has 0 radical (unpaired) electrons. The van der Waals surface area contributed by atoms with Crippen LogP contribution in [0.15, 0.2) is 24.3 Å². The lowest BCUT2D eigenvalue weighted by molar-refractivity contribution is 1.00. The van der Waals surface area contributed by atoms with Gasteiger partial charge in [-0.05, 0) is 19.1 Å². The fourth-order valence-electron chi connectivity index (χ4n) is 1.27. The molecule has 0 spiro atoms. The summed E-state index contributed by atoms with van der Waals surface area (Å²) in [5.74, 6) is 3.31. The largest absolute Gasteiger partial charge is 0.342 e. The Bertz CT molecular complexity index is 445. The summed E-state index contributed by atoms with van der Waals surface area (Å²) < 4.78 is 0. The van der Waals surface area contributed by atoms with Crippen molar-refractivity contribution >= 4 is 17.0 Å². The molecule has 0 amide bonds. The standard InChI is InChI=1S/C11H11N3/c1-3-8(2)12-11-13-9-6-4-5-7-10(9)14-11/h1,4-8H,2H3,(H2,12,13,14). The number of anilines is 1. The smallest absolute Gasteiger partial charge is 0.202 e. The van der Waals surface area contributed by atoms with E-state index < -0.39 is 0 Å². The third-order valence-electron chi connectivity index (χ3n) is 1.99. The molecule has 70 valence electrons. The monoisotopic (exact) mass is 185 g/mol. The molecule has 0 aliphatic heterocycles. The van der Waals surface area contributed by atoms with Gasteiger partial charge in [-0.3, -0.25) is 0 Å². The second-order valence-corrected chi connectivity index (χ2v) is 3.14. The molecule has 1 aromatic carbocycles. The fraction of sp³-hybridized carbons (Fsp3) is 0.182. The molecule has 0 aliphatic rings. The molecule has 3 heteroatoms. The highest BCUT2D eigenvalue weighted by molar-refractivity contribution is 5.77. The molecule has 2 N–H and O–H groups in total. The summed E-state index contributed by atoms with van der Waals surface area (Å²) in [7, 11) is 0. The molecule has 0 bridgehead atoms. The van der Waals surface area contributed by atoms with Gasteiger partial charge in [0.2, 0.25) is 5.95 Å². The van der Waals surface area contributed by atoms with Crippen molar-refractivity contribution in [2.75, 3.05) is 5.32 Å². The number of terminal acetylenes is 1. The first-order chi connectivity index (χ1) is 6.79. The first-order valence-electron chi connectivity index (χ1n) is 4.47. The number of imidazole rings is 1. The van der Waals surface area contributed by atoms with Crippen LogP contribution in [0.5, 0.6) is 0 Å². The summed E-state index contributed by atoms with van der Waals surface area (Å²) in [6.07, 6.45) is 5.26. The summed E-state index contributed by atoms with van der Waals surface area (Å²) in [4.78, 5) is 7.48. The molecule has 14 heavy (non-hydrogen) atoms. The first kappa shape index (κ1) is 8.64. The van der Waals surface area contributed by atoms with E-state index in [1.54, 1.807) is 0 Å². The van der Waals surface area contributed by atoms with Gasteiger partial charge in [0.1, 0.15) is 0 Å². The van der Waals surface area contributed by atoms with E-state index in [0.29, 0.717) is 0 Å². The number of para-hydroxylation sites is 2. The molecular formula is C11H11N3. The van der Waals surface area contributed by atoms with Crippen LogP contribution in [0.25, 0.3) is 11.0 Å². The average molecular weight is 185 g/mol. The van der Waals surface area contributed by atoms with Crippen LogP contribution in [0, 0.1) is 12.3 Å². The molecule has 0 fully saturated rings. The van der Waals surface area contributed by atoms with Crippen molar-refractivity contribution in [1.29, 1.82) is 0 Å². The van der Waals surface area contributed by atoms with Gasteiger partial charge in [-0.2, -0.15) is 0 Å². The zero-order chi connectivity index (χ0) is 9.97. The van der Waals surface area contributed by atoms with Gasteiger partial charge in [0.25, 0.3) is 0 Å². The third kappa shape index (κ3) is 1.55. The molecule has 0 aliphatic carbocycles. The number of aromatic amines is 1. The van der Waals surface area contributed by atoms with Crippen molar-refractivity contribution in [3.8, 4) is 12.3 Å². The number of nitrogens with zero attached hydrogens (tertiary/aromatic N) is 1. The summed E-state index contributed by atoms with van der Waals surface area (Å²) >= 11 is 0. The molecule has 1 atom stereocenters.